The van der Waals surface area contributed by atoms with Gasteiger partial charge in [0.1, 0.15) is 5.75 Å². The molecule has 0 unspecified atom stereocenters. The minimum atomic E-state index is -0.150. The lowest BCUT2D eigenvalue weighted by molar-refractivity contribution is -0.113. The normalized spacial score (nSPS) is 10.7. The second kappa shape index (κ2) is 9.32. The number of thioether (sulfide) groups is 1. The monoisotopic (exact) mass is 437 g/mol. The van der Waals surface area contributed by atoms with E-state index in [1.165, 1.54) is 0 Å². The molecule has 3 aromatic rings. The Morgan fingerprint density at radius 1 is 1.21 bits per heavy atom. The molecular weight excluding hydrogens is 421 g/mol. The van der Waals surface area contributed by atoms with Gasteiger partial charge in [-0.3, -0.25) is 4.79 Å². The van der Waals surface area contributed by atoms with Crippen LogP contribution in [0.3, 0.4) is 0 Å². The molecule has 0 aliphatic heterocycles. The third-order valence-corrected chi connectivity index (χ3v) is 5.25. The molecule has 0 aliphatic rings. The Morgan fingerprint density at radius 2 is 2.04 bits per heavy atom. The third kappa shape index (κ3) is 5.41. The highest BCUT2D eigenvalue weighted by Gasteiger charge is 2.12. The zero-order valence-electron chi connectivity index (χ0n) is 15.2. The fourth-order valence-corrected chi connectivity index (χ4v) is 3.33. The van der Waals surface area contributed by atoms with Gasteiger partial charge in [0.25, 0.3) is 11.1 Å². The number of aromatic nitrogens is 2. The van der Waals surface area contributed by atoms with Crippen LogP contribution < -0.4 is 10.1 Å². The minimum absolute atomic E-state index is 0.0591. The van der Waals surface area contributed by atoms with E-state index in [9.17, 15) is 4.79 Å². The van der Waals surface area contributed by atoms with Crippen LogP contribution in [-0.2, 0) is 11.4 Å². The molecule has 0 radical (unpaired) electrons. The molecule has 1 heterocycles. The number of aryl methyl sites for hydroxylation is 1. The number of amides is 1. The summed E-state index contributed by atoms with van der Waals surface area (Å²) in [5.74, 6) is 0.747. The van der Waals surface area contributed by atoms with Crippen molar-refractivity contribution in [2.24, 2.45) is 0 Å². The van der Waals surface area contributed by atoms with Crippen LogP contribution in [-0.4, -0.2) is 21.9 Å². The van der Waals surface area contributed by atoms with Gasteiger partial charge in [-0.1, -0.05) is 47.1 Å². The van der Waals surface area contributed by atoms with Gasteiger partial charge in [0, 0.05) is 10.7 Å². The number of rotatable bonds is 7. The maximum Gasteiger partial charge on any atom is 0.277 e. The van der Waals surface area contributed by atoms with Gasteiger partial charge in [0.15, 0.2) is 6.61 Å². The summed E-state index contributed by atoms with van der Waals surface area (Å²) in [6, 6.07) is 10.7. The van der Waals surface area contributed by atoms with Crippen molar-refractivity contribution >= 4 is 46.6 Å². The number of anilines is 1. The Bertz CT molecular complexity index is 994. The Hall–Kier alpha value is -2.22. The van der Waals surface area contributed by atoms with Crippen LogP contribution in [0.2, 0.25) is 10.0 Å². The molecule has 2 aromatic carbocycles. The van der Waals surface area contributed by atoms with E-state index in [0.29, 0.717) is 15.8 Å². The molecular formula is C19H17Cl2N3O3S. The summed E-state index contributed by atoms with van der Waals surface area (Å²) in [6.07, 6.45) is 0. The van der Waals surface area contributed by atoms with Crippen molar-refractivity contribution in [3.05, 3.63) is 63.5 Å². The third-order valence-electron chi connectivity index (χ3n) is 3.90. The lowest BCUT2D eigenvalue weighted by atomic mass is 10.1. The Balaban J connectivity index is 1.50. The molecule has 0 atom stereocenters. The lowest BCUT2D eigenvalue weighted by Crippen LogP contribution is -2.15. The van der Waals surface area contributed by atoms with E-state index in [0.717, 1.165) is 28.6 Å². The first kappa shape index (κ1) is 20.5. The molecule has 0 fully saturated rings. The van der Waals surface area contributed by atoms with Crippen LogP contribution in [0.1, 0.15) is 17.0 Å². The van der Waals surface area contributed by atoms with Crippen molar-refractivity contribution in [1.29, 1.82) is 0 Å². The van der Waals surface area contributed by atoms with Crippen LogP contribution in [0.25, 0.3) is 0 Å². The first-order chi connectivity index (χ1) is 13.4. The van der Waals surface area contributed by atoms with Gasteiger partial charge in [-0.05, 0) is 49.2 Å². The number of nitrogens with one attached hydrogen (secondary N) is 1. The zero-order valence-corrected chi connectivity index (χ0v) is 17.5. The molecule has 0 spiro atoms. The quantitative estimate of drug-likeness (QED) is 0.505. The number of halogens is 2. The van der Waals surface area contributed by atoms with E-state index in [4.69, 9.17) is 32.4 Å². The Labute approximate surface area is 176 Å². The molecule has 0 saturated carbocycles. The van der Waals surface area contributed by atoms with Crippen LogP contribution in [0.15, 0.2) is 46.0 Å². The molecule has 28 heavy (non-hydrogen) atoms. The first-order valence-electron chi connectivity index (χ1n) is 8.31. The summed E-state index contributed by atoms with van der Waals surface area (Å²) in [5.41, 5.74) is 2.96. The largest absolute Gasteiger partial charge is 0.482 e. The van der Waals surface area contributed by atoms with E-state index in [2.05, 4.69) is 15.5 Å². The molecule has 1 aromatic heterocycles. The molecule has 1 amide bonds. The predicted molar refractivity (Wildman–Crippen MR) is 110 cm³/mol. The number of carbonyl (C=O) groups excluding carboxylic acids is 1. The van der Waals surface area contributed by atoms with Crippen molar-refractivity contribution < 1.29 is 13.9 Å². The standard InChI is InChI=1S/C19H17Cl2N3O3S/c1-11-4-3-5-15(12(11)2)22-17(25)10-28-19-24-23-18(27-19)9-26-16-7-6-13(20)8-14(16)21/h3-8H,9-10H2,1-2H3,(H,22,25). The second-order valence-electron chi connectivity index (χ2n) is 5.91. The highest BCUT2D eigenvalue weighted by Crippen LogP contribution is 2.28. The molecule has 6 nitrogen and oxygen atoms in total. The molecule has 0 saturated heterocycles. The zero-order chi connectivity index (χ0) is 20.1. The molecule has 0 bridgehead atoms. The van der Waals surface area contributed by atoms with Gasteiger partial charge in [-0.15, -0.1) is 10.2 Å². The highest BCUT2D eigenvalue weighted by atomic mass is 35.5. The highest BCUT2D eigenvalue weighted by molar-refractivity contribution is 7.99. The van der Waals surface area contributed by atoms with Crippen LogP contribution in [0.4, 0.5) is 5.69 Å². The molecule has 1 N–H and O–H groups in total. The number of carbonyl (C=O) groups is 1. The molecule has 9 heteroatoms. The molecule has 3 rings (SSSR count). The first-order valence-corrected chi connectivity index (χ1v) is 10.1. The summed E-state index contributed by atoms with van der Waals surface area (Å²) < 4.78 is 11.0. The number of nitrogens with zero attached hydrogens (tertiary/aromatic N) is 2. The maximum atomic E-state index is 12.2. The number of hydrogen-bond acceptors (Lipinski definition) is 6. The van der Waals surface area contributed by atoms with E-state index in [1.807, 2.05) is 32.0 Å². The predicted octanol–water partition coefficient (Wildman–Crippen LogP) is 5.30. The maximum absolute atomic E-state index is 12.2. The van der Waals surface area contributed by atoms with Crippen LogP contribution in [0.5, 0.6) is 5.75 Å². The molecule has 146 valence electrons. The van der Waals surface area contributed by atoms with Crippen molar-refractivity contribution in [2.75, 3.05) is 11.1 Å². The SMILES string of the molecule is Cc1cccc(NC(=O)CSc2nnc(COc3ccc(Cl)cc3Cl)o2)c1C. The minimum Gasteiger partial charge on any atom is -0.482 e. The van der Waals surface area contributed by atoms with E-state index in [1.54, 1.807) is 18.2 Å². The second-order valence-corrected chi connectivity index (χ2v) is 7.68. The van der Waals surface area contributed by atoms with E-state index >= 15 is 0 Å². The topological polar surface area (TPSA) is 77.2 Å². The number of ether oxygens (including phenoxy) is 1. The summed E-state index contributed by atoms with van der Waals surface area (Å²) >= 11 is 13.1. The Kier molecular flexibility index (Phi) is 6.83. The van der Waals surface area contributed by atoms with Crippen molar-refractivity contribution in [3.8, 4) is 5.75 Å². The van der Waals surface area contributed by atoms with Gasteiger partial charge in [0.05, 0.1) is 10.8 Å². The van der Waals surface area contributed by atoms with Gasteiger partial charge in [-0.25, -0.2) is 0 Å². The van der Waals surface area contributed by atoms with Crippen molar-refractivity contribution in [1.82, 2.24) is 10.2 Å². The van der Waals surface area contributed by atoms with Crippen LogP contribution in [0, 0.1) is 13.8 Å². The number of benzene rings is 2. The fourth-order valence-electron chi connectivity index (χ4n) is 2.29. The summed E-state index contributed by atoms with van der Waals surface area (Å²) in [6.45, 7) is 4.03. The van der Waals surface area contributed by atoms with Gasteiger partial charge in [-0.2, -0.15) is 0 Å². The number of hydrogen-bond donors (Lipinski definition) is 1. The fraction of sp³-hybridized carbons (Fsp3) is 0.211. The summed E-state index contributed by atoms with van der Waals surface area (Å²) in [7, 11) is 0. The van der Waals surface area contributed by atoms with Gasteiger partial charge < -0.3 is 14.5 Å². The van der Waals surface area contributed by atoms with Gasteiger partial charge in [0.2, 0.25) is 5.91 Å². The van der Waals surface area contributed by atoms with Crippen LogP contribution >= 0.6 is 35.0 Å². The van der Waals surface area contributed by atoms with Crippen molar-refractivity contribution in [3.63, 3.8) is 0 Å². The lowest BCUT2D eigenvalue weighted by Gasteiger charge is -2.09. The van der Waals surface area contributed by atoms with E-state index < -0.39 is 0 Å². The van der Waals surface area contributed by atoms with Crippen molar-refractivity contribution in [2.45, 2.75) is 25.7 Å². The summed E-state index contributed by atoms with van der Waals surface area (Å²) in [5, 5.41) is 11.9. The smallest absolute Gasteiger partial charge is 0.277 e. The van der Waals surface area contributed by atoms with E-state index in [-0.39, 0.29) is 29.4 Å². The molecule has 0 aliphatic carbocycles. The average Bonchev–Trinajstić information content (AvgIpc) is 3.11. The van der Waals surface area contributed by atoms with Gasteiger partial charge >= 0.3 is 0 Å². The summed E-state index contributed by atoms with van der Waals surface area (Å²) in [4.78, 5) is 12.2. The average molecular weight is 438 g/mol. The Morgan fingerprint density at radius 3 is 2.82 bits per heavy atom.